The maximum atomic E-state index is 12.2. The summed E-state index contributed by atoms with van der Waals surface area (Å²) in [6.45, 7) is 6.09. The average Bonchev–Trinajstić information content (AvgIpc) is 2.83. The van der Waals surface area contributed by atoms with Crippen LogP contribution in [-0.4, -0.2) is 23.2 Å². The summed E-state index contributed by atoms with van der Waals surface area (Å²) < 4.78 is 5.32. The summed E-state index contributed by atoms with van der Waals surface area (Å²) in [7, 11) is 0. The molecule has 1 aromatic carbocycles. The van der Waals surface area contributed by atoms with Crippen molar-refractivity contribution in [3.8, 4) is 0 Å². The zero-order chi connectivity index (χ0) is 15.4. The van der Waals surface area contributed by atoms with Crippen LogP contribution in [0, 0.1) is 17.5 Å². The van der Waals surface area contributed by atoms with Crippen molar-refractivity contribution in [3.63, 3.8) is 0 Å². The molecule has 3 rings (SSSR count). The molecular weight excluding hydrogens is 274 g/mol. The summed E-state index contributed by atoms with van der Waals surface area (Å²) in [6, 6.07) is 2.09. The first kappa shape index (κ1) is 14.5. The molecule has 1 aliphatic carbocycles. The third-order valence-electron chi connectivity index (χ3n) is 4.21. The predicted octanol–water partition coefficient (Wildman–Crippen LogP) is 2.45. The van der Waals surface area contributed by atoms with Gasteiger partial charge in [0.2, 0.25) is 0 Å². The molecule has 1 aliphatic heterocycles. The van der Waals surface area contributed by atoms with E-state index in [-0.39, 0.29) is 18.0 Å². The van der Waals surface area contributed by atoms with Crippen LogP contribution in [0.4, 0.5) is 0 Å². The van der Waals surface area contributed by atoms with Crippen molar-refractivity contribution in [1.29, 1.82) is 0 Å². The topological polar surface area (TPSA) is 82.1 Å². The first-order valence-electron chi connectivity index (χ1n) is 6.94. The Morgan fingerprint density at radius 1 is 1.52 bits per heavy atom. The number of esters is 1. The first-order valence-corrected chi connectivity index (χ1v) is 6.94. The van der Waals surface area contributed by atoms with Crippen molar-refractivity contribution >= 4 is 5.97 Å². The van der Waals surface area contributed by atoms with Gasteiger partial charge in [0.1, 0.15) is 6.61 Å². The molecule has 6 heteroatoms. The highest BCUT2D eigenvalue weighted by Crippen LogP contribution is 2.44. The fraction of sp³-hybridized carbons (Fsp3) is 0.533. The molecule has 0 radical (unpaired) electrons. The van der Waals surface area contributed by atoms with E-state index in [2.05, 4.69) is 24.8 Å². The van der Waals surface area contributed by atoms with Crippen LogP contribution in [0.3, 0.4) is 0 Å². The number of rotatable bonds is 3. The lowest BCUT2D eigenvalue weighted by Gasteiger charge is -2.21. The second-order valence-corrected chi connectivity index (χ2v) is 6.57. The highest BCUT2D eigenvalue weighted by atomic mass is 17.1. The van der Waals surface area contributed by atoms with E-state index in [0.717, 1.165) is 29.5 Å². The molecule has 114 valence electrons. The number of nitrogens with zero attached hydrogens (tertiary/aromatic N) is 1. The Morgan fingerprint density at radius 2 is 2.24 bits per heavy atom. The van der Waals surface area contributed by atoms with Crippen molar-refractivity contribution in [2.24, 2.45) is 5.41 Å². The number of cyclic esters (lactones) is 1. The highest BCUT2D eigenvalue weighted by molar-refractivity contribution is 5.97. The minimum absolute atomic E-state index is 0.135. The maximum absolute atomic E-state index is 12.2. The lowest BCUT2D eigenvalue weighted by atomic mass is 9.89. The third kappa shape index (κ3) is 2.44. The molecule has 0 aromatic heterocycles. The Hall–Kier alpha value is -1.47. The minimum Gasteiger partial charge on any atom is -0.738 e. The first-order chi connectivity index (χ1) is 9.78. The van der Waals surface area contributed by atoms with Crippen molar-refractivity contribution in [2.45, 2.75) is 39.7 Å². The number of benzene rings is 1. The number of fused-ring (bicyclic) bond motifs is 3. The molecule has 0 amide bonds. The van der Waals surface area contributed by atoms with Crippen LogP contribution in [0.2, 0.25) is 0 Å². The molecule has 0 spiro atoms. The molecule has 1 aromatic rings. The fourth-order valence-electron chi connectivity index (χ4n) is 3.51. The summed E-state index contributed by atoms with van der Waals surface area (Å²) in [5.41, 5.74) is 4.74. The maximum Gasteiger partial charge on any atom is 0.339 e. The molecule has 6 nitrogen and oxygen atoms in total. The van der Waals surface area contributed by atoms with Crippen molar-refractivity contribution in [2.75, 3.05) is 6.61 Å². The normalized spacial score (nSPS) is 22.4. The molecule has 0 fully saturated rings. The smallest absolute Gasteiger partial charge is 0.339 e. The van der Waals surface area contributed by atoms with Crippen LogP contribution in [0.15, 0.2) is 6.07 Å². The summed E-state index contributed by atoms with van der Waals surface area (Å²) in [5, 5.41) is 18.4. The Bertz CT molecular complexity index is 609. The lowest BCUT2D eigenvalue weighted by Crippen LogP contribution is -2.17. The Morgan fingerprint density at radius 3 is 2.90 bits per heavy atom. The van der Waals surface area contributed by atoms with Gasteiger partial charge >= 0.3 is 5.97 Å². The number of carbonyl (C=O) groups excluding carboxylic acids is 1. The van der Waals surface area contributed by atoms with Gasteiger partial charge in [-0.25, -0.2) is 4.79 Å². The van der Waals surface area contributed by atoms with Gasteiger partial charge in [0.05, 0.1) is 5.56 Å². The van der Waals surface area contributed by atoms with Gasteiger partial charge < -0.3 is 15.2 Å². The molecule has 0 saturated heterocycles. The van der Waals surface area contributed by atoms with E-state index in [4.69, 9.17) is 9.94 Å². The summed E-state index contributed by atoms with van der Waals surface area (Å²) >= 11 is 0. The number of hydrogen-bond acceptors (Lipinski definition) is 6. The van der Waals surface area contributed by atoms with Crippen LogP contribution in [0.25, 0.3) is 0 Å². The number of aryl methyl sites for hydroxylation is 1. The molecular formula is C15H18NO5-. The van der Waals surface area contributed by atoms with Gasteiger partial charge in [-0.2, -0.15) is 0 Å². The van der Waals surface area contributed by atoms with E-state index in [0.29, 0.717) is 5.56 Å². The minimum atomic E-state index is -0.648. The van der Waals surface area contributed by atoms with Gasteiger partial charge in [-0.1, -0.05) is 19.9 Å². The Balaban J connectivity index is 2.02. The van der Waals surface area contributed by atoms with Crippen LogP contribution in [0.5, 0.6) is 0 Å². The van der Waals surface area contributed by atoms with Crippen LogP contribution in [-0.2, 0) is 22.4 Å². The van der Waals surface area contributed by atoms with E-state index in [9.17, 15) is 10.0 Å². The van der Waals surface area contributed by atoms with Gasteiger partial charge in [0.25, 0.3) is 0 Å². The molecule has 0 saturated carbocycles. The van der Waals surface area contributed by atoms with Crippen molar-refractivity contribution in [1.82, 2.24) is 5.39 Å². The molecule has 1 heterocycles. The van der Waals surface area contributed by atoms with Gasteiger partial charge in [0, 0.05) is 5.56 Å². The molecule has 1 atom stereocenters. The standard InChI is InChI=1S/C15H18NO5/c1-8-4-9-5-15(2,3)6-10(9)13-12(8)11(21-14(13)17)7-20-16(18)19/h4,11,18H,5-7H2,1-3H3/q-1/t11-/m1/s1. The van der Waals surface area contributed by atoms with Crippen molar-refractivity contribution in [3.05, 3.63) is 39.1 Å². The number of ether oxygens (including phenoxy) is 1. The summed E-state index contributed by atoms with van der Waals surface area (Å²) in [5.74, 6) is -0.369. The van der Waals surface area contributed by atoms with Gasteiger partial charge in [-0.3, -0.25) is 4.84 Å². The summed E-state index contributed by atoms with van der Waals surface area (Å²) in [4.78, 5) is 16.7. The second kappa shape index (κ2) is 4.78. The summed E-state index contributed by atoms with van der Waals surface area (Å²) in [6.07, 6.45) is 1.13. The molecule has 21 heavy (non-hydrogen) atoms. The van der Waals surface area contributed by atoms with Crippen LogP contribution >= 0.6 is 0 Å². The quantitative estimate of drug-likeness (QED) is 0.680. The molecule has 2 aliphatic rings. The van der Waals surface area contributed by atoms with E-state index in [1.807, 2.05) is 6.92 Å². The zero-order valence-corrected chi connectivity index (χ0v) is 12.3. The predicted molar refractivity (Wildman–Crippen MR) is 73.5 cm³/mol. The molecule has 0 unspecified atom stereocenters. The Kier molecular flexibility index (Phi) is 3.29. The SMILES string of the molecule is Cc1cc2c(c3c1[C@@H](CON([O-])O)OC3=O)CC(C)(C)C2. The van der Waals surface area contributed by atoms with Crippen molar-refractivity contribution < 1.29 is 19.6 Å². The number of hydrogen-bond donors (Lipinski definition) is 1. The number of carbonyl (C=O) groups is 1. The zero-order valence-electron chi connectivity index (χ0n) is 12.3. The third-order valence-corrected chi connectivity index (χ3v) is 4.21. The fourth-order valence-corrected chi connectivity index (χ4v) is 3.51. The largest absolute Gasteiger partial charge is 0.738 e. The van der Waals surface area contributed by atoms with E-state index in [1.54, 1.807) is 0 Å². The van der Waals surface area contributed by atoms with Gasteiger partial charge in [0.15, 0.2) is 6.10 Å². The van der Waals surface area contributed by atoms with E-state index in [1.165, 1.54) is 5.56 Å². The van der Waals surface area contributed by atoms with Gasteiger partial charge in [-0.15, -0.1) is 5.39 Å². The average molecular weight is 292 g/mol. The van der Waals surface area contributed by atoms with E-state index >= 15 is 0 Å². The monoisotopic (exact) mass is 292 g/mol. The van der Waals surface area contributed by atoms with Gasteiger partial charge in [-0.05, 0) is 41.9 Å². The van der Waals surface area contributed by atoms with E-state index < -0.39 is 11.5 Å². The lowest BCUT2D eigenvalue weighted by molar-refractivity contribution is -0.313. The Labute approximate surface area is 122 Å². The van der Waals surface area contributed by atoms with Crippen LogP contribution in [0.1, 0.15) is 52.6 Å². The second-order valence-electron chi connectivity index (χ2n) is 6.57. The molecule has 0 bridgehead atoms. The van der Waals surface area contributed by atoms with Crippen LogP contribution < -0.4 is 0 Å². The highest BCUT2D eigenvalue weighted by Gasteiger charge is 2.40. The molecule has 1 N–H and O–H groups in total.